The fourth-order valence-corrected chi connectivity index (χ4v) is 2.65. The van der Waals surface area contributed by atoms with Crippen LogP contribution in [-0.4, -0.2) is 8.42 Å². The SMILES string of the molecule is O=S(=O)(Cl)Cc1ccccc1OCc1ccccc1. The van der Waals surface area contributed by atoms with Crippen molar-refractivity contribution in [2.45, 2.75) is 12.4 Å². The first-order valence-corrected chi connectivity index (χ1v) is 8.19. The standard InChI is InChI=1S/C14H13ClO3S/c15-19(16,17)11-13-8-4-5-9-14(13)18-10-12-6-2-1-3-7-12/h1-9H,10-11H2. The summed E-state index contributed by atoms with van der Waals surface area (Å²) in [6.07, 6.45) is 0. The number of hydrogen-bond donors (Lipinski definition) is 0. The van der Waals surface area contributed by atoms with Crippen LogP contribution in [0.4, 0.5) is 0 Å². The average molecular weight is 297 g/mol. The minimum absolute atomic E-state index is 0.237. The maximum atomic E-state index is 11.1. The van der Waals surface area contributed by atoms with E-state index >= 15 is 0 Å². The van der Waals surface area contributed by atoms with Crippen LogP contribution in [0.25, 0.3) is 0 Å². The zero-order valence-corrected chi connectivity index (χ0v) is 11.7. The summed E-state index contributed by atoms with van der Waals surface area (Å²) in [7, 11) is 1.68. The topological polar surface area (TPSA) is 43.4 Å². The van der Waals surface area contributed by atoms with Gasteiger partial charge in [-0.1, -0.05) is 48.5 Å². The van der Waals surface area contributed by atoms with E-state index in [-0.39, 0.29) is 5.75 Å². The molecule has 100 valence electrons. The van der Waals surface area contributed by atoms with Gasteiger partial charge in [-0.2, -0.15) is 0 Å². The van der Waals surface area contributed by atoms with Crippen LogP contribution in [0.1, 0.15) is 11.1 Å². The number of rotatable bonds is 5. The highest BCUT2D eigenvalue weighted by Crippen LogP contribution is 2.22. The fraction of sp³-hybridized carbons (Fsp3) is 0.143. The largest absolute Gasteiger partial charge is 0.489 e. The Balaban J connectivity index is 2.12. The van der Waals surface area contributed by atoms with Gasteiger partial charge in [-0.05, 0) is 11.6 Å². The van der Waals surface area contributed by atoms with E-state index in [1.807, 2.05) is 30.3 Å². The molecule has 0 heterocycles. The third kappa shape index (κ3) is 4.58. The predicted octanol–water partition coefficient (Wildman–Crippen LogP) is 3.33. The van der Waals surface area contributed by atoms with Gasteiger partial charge in [0, 0.05) is 16.2 Å². The molecule has 0 bridgehead atoms. The quantitative estimate of drug-likeness (QED) is 0.795. The van der Waals surface area contributed by atoms with Crippen LogP contribution in [0, 0.1) is 0 Å². The molecule has 0 saturated heterocycles. The van der Waals surface area contributed by atoms with Crippen molar-refractivity contribution in [3.63, 3.8) is 0 Å². The van der Waals surface area contributed by atoms with E-state index in [4.69, 9.17) is 15.4 Å². The molecule has 2 aromatic rings. The highest BCUT2D eigenvalue weighted by Gasteiger charge is 2.11. The van der Waals surface area contributed by atoms with Crippen LogP contribution in [-0.2, 0) is 21.4 Å². The Morgan fingerprint density at radius 3 is 2.26 bits per heavy atom. The van der Waals surface area contributed by atoms with Gasteiger partial charge in [0.05, 0.1) is 5.75 Å². The smallest absolute Gasteiger partial charge is 0.236 e. The van der Waals surface area contributed by atoms with E-state index < -0.39 is 9.05 Å². The van der Waals surface area contributed by atoms with Gasteiger partial charge in [-0.15, -0.1) is 0 Å². The van der Waals surface area contributed by atoms with Crippen LogP contribution >= 0.6 is 10.7 Å². The molecular formula is C14H13ClO3S. The Morgan fingerprint density at radius 2 is 1.58 bits per heavy atom. The highest BCUT2D eigenvalue weighted by atomic mass is 35.7. The Hall–Kier alpha value is -1.52. The maximum absolute atomic E-state index is 11.1. The Labute approximate surface area is 117 Å². The summed E-state index contributed by atoms with van der Waals surface area (Å²) in [5.41, 5.74) is 1.58. The zero-order chi connectivity index (χ0) is 13.7. The van der Waals surface area contributed by atoms with Crippen LogP contribution in [0.2, 0.25) is 0 Å². The first-order chi connectivity index (χ1) is 9.04. The van der Waals surface area contributed by atoms with Crippen molar-refractivity contribution < 1.29 is 13.2 Å². The summed E-state index contributed by atoms with van der Waals surface area (Å²) in [5.74, 6) is 0.301. The van der Waals surface area contributed by atoms with Gasteiger partial charge in [0.25, 0.3) is 0 Å². The monoisotopic (exact) mass is 296 g/mol. The van der Waals surface area contributed by atoms with E-state index in [1.54, 1.807) is 24.3 Å². The average Bonchev–Trinajstić information content (AvgIpc) is 2.37. The molecular weight excluding hydrogens is 284 g/mol. The first kappa shape index (κ1) is 13.9. The van der Waals surface area contributed by atoms with Crippen molar-refractivity contribution in [1.82, 2.24) is 0 Å². The molecule has 0 N–H and O–H groups in total. The zero-order valence-electron chi connectivity index (χ0n) is 10.1. The van der Waals surface area contributed by atoms with E-state index in [2.05, 4.69) is 0 Å². The number of hydrogen-bond acceptors (Lipinski definition) is 3. The lowest BCUT2D eigenvalue weighted by Crippen LogP contribution is -2.01. The van der Waals surface area contributed by atoms with Crippen molar-refractivity contribution in [2.75, 3.05) is 0 Å². The molecule has 0 unspecified atom stereocenters. The summed E-state index contributed by atoms with van der Waals surface area (Å²) in [6, 6.07) is 16.7. The molecule has 0 atom stereocenters. The Bertz CT molecular complexity index is 639. The van der Waals surface area contributed by atoms with Crippen LogP contribution in [0.5, 0.6) is 5.75 Å². The summed E-state index contributed by atoms with van der Waals surface area (Å²) in [6.45, 7) is 0.389. The van der Waals surface area contributed by atoms with Crippen molar-refractivity contribution >= 4 is 19.7 Å². The Kier molecular flexibility index (Phi) is 4.45. The predicted molar refractivity (Wildman–Crippen MR) is 75.7 cm³/mol. The number of ether oxygens (including phenoxy) is 1. The van der Waals surface area contributed by atoms with Gasteiger partial charge in [-0.3, -0.25) is 0 Å². The third-order valence-corrected chi connectivity index (χ3v) is 3.52. The number of halogens is 1. The minimum atomic E-state index is -3.59. The maximum Gasteiger partial charge on any atom is 0.236 e. The van der Waals surface area contributed by atoms with Gasteiger partial charge in [0.1, 0.15) is 12.4 Å². The van der Waals surface area contributed by atoms with Crippen molar-refractivity contribution in [2.24, 2.45) is 0 Å². The summed E-state index contributed by atoms with van der Waals surface area (Å²) in [4.78, 5) is 0. The molecule has 0 spiro atoms. The molecule has 0 amide bonds. The van der Waals surface area contributed by atoms with E-state index in [1.165, 1.54) is 0 Å². The molecule has 0 fully saturated rings. The first-order valence-electron chi connectivity index (χ1n) is 5.71. The molecule has 19 heavy (non-hydrogen) atoms. The molecule has 0 aliphatic carbocycles. The molecule has 0 aliphatic heterocycles. The van der Waals surface area contributed by atoms with Crippen molar-refractivity contribution in [1.29, 1.82) is 0 Å². The van der Waals surface area contributed by atoms with Crippen molar-refractivity contribution in [3.8, 4) is 5.75 Å². The molecule has 0 radical (unpaired) electrons. The van der Waals surface area contributed by atoms with Crippen LogP contribution < -0.4 is 4.74 Å². The lowest BCUT2D eigenvalue weighted by Gasteiger charge is -2.10. The van der Waals surface area contributed by atoms with E-state index in [9.17, 15) is 8.42 Å². The van der Waals surface area contributed by atoms with E-state index in [0.717, 1.165) is 5.56 Å². The highest BCUT2D eigenvalue weighted by molar-refractivity contribution is 8.13. The third-order valence-electron chi connectivity index (χ3n) is 2.54. The lowest BCUT2D eigenvalue weighted by molar-refractivity contribution is 0.304. The number of para-hydroxylation sites is 1. The lowest BCUT2D eigenvalue weighted by atomic mass is 10.2. The van der Waals surface area contributed by atoms with Crippen molar-refractivity contribution in [3.05, 3.63) is 65.7 Å². The van der Waals surface area contributed by atoms with Gasteiger partial charge in [-0.25, -0.2) is 8.42 Å². The van der Waals surface area contributed by atoms with E-state index in [0.29, 0.717) is 17.9 Å². The van der Waals surface area contributed by atoms with Gasteiger partial charge >= 0.3 is 0 Å². The molecule has 2 aromatic carbocycles. The second-order valence-corrected chi connectivity index (χ2v) is 6.84. The molecule has 3 nitrogen and oxygen atoms in total. The van der Waals surface area contributed by atoms with Gasteiger partial charge in [0.15, 0.2) is 0 Å². The molecule has 0 aromatic heterocycles. The summed E-state index contributed by atoms with van der Waals surface area (Å²) in [5, 5.41) is 0. The fourth-order valence-electron chi connectivity index (χ4n) is 1.68. The summed E-state index contributed by atoms with van der Waals surface area (Å²) < 4.78 is 27.9. The summed E-state index contributed by atoms with van der Waals surface area (Å²) >= 11 is 0. The normalized spacial score (nSPS) is 11.2. The minimum Gasteiger partial charge on any atom is -0.489 e. The number of benzene rings is 2. The molecule has 0 aliphatic rings. The Morgan fingerprint density at radius 1 is 0.947 bits per heavy atom. The second kappa shape index (κ2) is 6.08. The van der Waals surface area contributed by atoms with Gasteiger partial charge in [0.2, 0.25) is 9.05 Å². The van der Waals surface area contributed by atoms with Gasteiger partial charge < -0.3 is 4.74 Å². The van der Waals surface area contributed by atoms with Crippen LogP contribution in [0.3, 0.4) is 0 Å². The molecule has 2 rings (SSSR count). The second-order valence-electron chi connectivity index (χ2n) is 4.07. The van der Waals surface area contributed by atoms with Crippen LogP contribution in [0.15, 0.2) is 54.6 Å². The molecule has 0 saturated carbocycles. The molecule has 5 heteroatoms.